The van der Waals surface area contributed by atoms with Crippen LogP contribution in [0, 0.1) is 0 Å². The van der Waals surface area contributed by atoms with Gasteiger partial charge in [-0.05, 0) is 25.1 Å². The number of nitrogens with zero attached hydrogens (tertiary/aromatic N) is 1. The Bertz CT molecular complexity index is 508. The molecule has 2 aromatic heterocycles. The van der Waals surface area contributed by atoms with E-state index in [4.69, 9.17) is 4.42 Å². The average Bonchev–Trinajstić information content (AvgIpc) is 3.08. The third-order valence-corrected chi connectivity index (χ3v) is 3.49. The van der Waals surface area contributed by atoms with Crippen LogP contribution in [-0.4, -0.2) is 30.5 Å². The van der Waals surface area contributed by atoms with Gasteiger partial charge in [0.25, 0.3) is 5.91 Å². The second-order valence-electron chi connectivity index (χ2n) is 4.01. The summed E-state index contributed by atoms with van der Waals surface area (Å²) in [7, 11) is 0. The lowest BCUT2D eigenvalue weighted by Gasteiger charge is -2.04. The zero-order chi connectivity index (χ0) is 13.5. The Kier molecular flexibility index (Phi) is 5.11. The largest absolute Gasteiger partial charge is 0.462 e. The Labute approximate surface area is 116 Å². The summed E-state index contributed by atoms with van der Waals surface area (Å²) in [5.74, 6) is 0.599. The van der Waals surface area contributed by atoms with E-state index < -0.39 is 0 Å². The van der Waals surface area contributed by atoms with Gasteiger partial charge in [0.05, 0.1) is 12.5 Å². The minimum Gasteiger partial charge on any atom is -0.462 e. The first kappa shape index (κ1) is 13.8. The first-order valence-electron chi connectivity index (χ1n) is 6.30. The van der Waals surface area contributed by atoms with Crippen molar-refractivity contribution in [2.75, 3.05) is 19.6 Å². The molecular formula is C13H17N3O2S. The second-order valence-corrected chi connectivity index (χ2v) is 5.04. The van der Waals surface area contributed by atoms with Crippen LogP contribution in [0.2, 0.25) is 0 Å². The minimum atomic E-state index is -0.0893. The van der Waals surface area contributed by atoms with Crippen molar-refractivity contribution in [2.24, 2.45) is 0 Å². The van der Waals surface area contributed by atoms with Gasteiger partial charge in [0.2, 0.25) is 0 Å². The highest BCUT2D eigenvalue weighted by atomic mass is 32.1. The number of nitrogens with one attached hydrogen (secondary N) is 2. The third-order valence-electron chi connectivity index (χ3n) is 2.48. The summed E-state index contributed by atoms with van der Waals surface area (Å²) in [6.07, 6.45) is 4.27. The maximum Gasteiger partial charge on any atom is 0.263 e. The molecule has 0 aliphatic carbocycles. The van der Waals surface area contributed by atoms with Crippen LogP contribution in [0.3, 0.4) is 0 Å². The molecule has 0 atom stereocenters. The van der Waals surface area contributed by atoms with Gasteiger partial charge >= 0.3 is 0 Å². The molecule has 6 heteroatoms. The molecule has 0 aromatic carbocycles. The second kappa shape index (κ2) is 7.06. The number of carbonyl (C=O) groups is 1. The number of thiazole rings is 1. The van der Waals surface area contributed by atoms with Crippen molar-refractivity contribution in [3.8, 4) is 10.8 Å². The first-order chi connectivity index (χ1) is 9.31. The molecule has 1 amide bonds. The summed E-state index contributed by atoms with van der Waals surface area (Å²) >= 11 is 1.33. The molecule has 102 valence electrons. The summed E-state index contributed by atoms with van der Waals surface area (Å²) in [5.41, 5.74) is 0. The van der Waals surface area contributed by atoms with E-state index in [9.17, 15) is 4.79 Å². The van der Waals surface area contributed by atoms with E-state index in [0.717, 1.165) is 24.5 Å². The molecule has 5 nitrogen and oxygen atoms in total. The Morgan fingerprint density at radius 2 is 2.32 bits per heavy atom. The zero-order valence-electron chi connectivity index (χ0n) is 10.8. The van der Waals surface area contributed by atoms with Crippen LogP contribution in [0.4, 0.5) is 0 Å². The number of aromatic nitrogens is 1. The molecule has 2 aromatic rings. The van der Waals surface area contributed by atoms with E-state index in [2.05, 4.69) is 22.5 Å². The molecule has 0 bridgehead atoms. The van der Waals surface area contributed by atoms with E-state index in [1.54, 1.807) is 18.5 Å². The van der Waals surface area contributed by atoms with Crippen molar-refractivity contribution in [3.63, 3.8) is 0 Å². The van der Waals surface area contributed by atoms with Crippen LogP contribution < -0.4 is 10.6 Å². The molecule has 0 spiro atoms. The van der Waals surface area contributed by atoms with Crippen LogP contribution in [0.1, 0.15) is 23.0 Å². The summed E-state index contributed by atoms with van der Waals surface area (Å²) in [5, 5.41) is 6.80. The lowest BCUT2D eigenvalue weighted by atomic mass is 10.4. The Hall–Kier alpha value is -1.66. The maximum absolute atomic E-state index is 11.9. The molecule has 19 heavy (non-hydrogen) atoms. The fourth-order valence-electron chi connectivity index (χ4n) is 1.55. The molecule has 0 fully saturated rings. The lowest BCUT2D eigenvalue weighted by Crippen LogP contribution is -2.31. The summed E-state index contributed by atoms with van der Waals surface area (Å²) in [4.78, 5) is 16.6. The summed E-state index contributed by atoms with van der Waals surface area (Å²) in [6.45, 7) is 4.48. The van der Waals surface area contributed by atoms with Gasteiger partial charge in [-0.25, -0.2) is 4.98 Å². The molecular weight excluding hydrogens is 262 g/mol. The number of furan rings is 1. The van der Waals surface area contributed by atoms with Gasteiger partial charge < -0.3 is 15.1 Å². The van der Waals surface area contributed by atoms with Gasteiger partial charge in [0.15, 0.2) is 10.8 Å². The molecule has 2 N–H and O–H groups in total. The van der Waals surface area contributed by atoms with Crippen molar-refractivity contribution in [3.05, 3.63) is 29.5 Å². The molecule has 0 aliphatic heterocycles. The monoisotopic (exact) mass is 279 g/mol. The smallest absolute Gasteiger partial charge is 0.263 e. The zero-order valence-corrected chi connectivity index (χ0v) is 11.6. The number of carbonyl (C=O) groups excluding carboxylic acids is 1. The van der Waals surface area contributed by atoms with Gasteiger partial charge in [-0.3, -0.25) is 4.79 Å². The van der Waals surface area contributed by atoms with Crippen molar-refractivity contribution in [2.45, 2.75) is 13.3 Å². The van der Waals surface area contributed by atoms with Crippen LogP contribution >= 0.6 is 11.3 Å². The highest BCUT2D eigenvalue weighted by molar-refractivity contribution is 7.16. The highest BCUT2D eigenvalue weighted by Gasteiger charge is 2.12. The van der Waals surface area contributed by atoms with Crippen molar-refractivity contribution < 1.29 is 9.21 Å². The van der Waals surface area contributed by atoms with E-state index in [-0.39, 0.29) is 5.91 Å². The van der Waals surface area contributed by atoms with Crippen LogP contribution in [-0.2, 0) is 0 Å². The molecule has 2 heterocycles. The van der Waals surface area contributed by atoms with Crippen molar-refractivity contribution >= 4 is 17.2 Å². The van der Waals surface area contributed by atoms with E-state index in [1.165, 1.54) is 11.3 Å². The quantitative estimate of drug-likeness (QED) is 0.762. The van der Waals surface area contributed by atoms with Gasteiger partial charge in [0.1, 0.15) is 4.88 Å². The lowest BCUT2D eigenvalue weighted by molar-refractivity contribution is 0.0958. The Morgan fingerprint density at radius 3 is 3.05 bits per heavy atom. The molecule has 2 rings (SSSR count). The van der Waals surface area contributed by atoms with Gasteiger partial charge in [-0.15, -0.1) is 11.3 Å². The Balaban J connectivity index is 1.83. The topological polar surface area (TPSA) is 67.2 Å². The summed E-state index contributed by atoms with van der Waals surface area (Å²) < 4.78 is 5.24. The number of hydrogen-bond donors (Lipinski definition) is 2. The number of rotatable bonds is 7. The van der Waals surface area contributed by atoms with Gasteiger partial charge in [-0.1, -0.05) is 6.92 Å². The average molecular weight is 279 g/mol. The van der Waals surface area contributed by atoms with Crippen molar-refractivity contribution in [1.29, 1.82) is 0 Å². The molecule has 0 unspecified atom stereocenters. The third kappa shape index (κ3) is 3.90. The summed E-state index contributed by atoms with van der Waals surface area (Å²) in [6, 6.07) is 3.63. The minimum absolute atomic E-state index is 0.0893. The SMILES string of the molecule is CCCNCCNC(=O)c1cnc(-c2ccco2)s1. The molecule has 0 radical (unpaired) electrons. The standard InChI is InChI=1S/C13H17N3O2S/c1-2-5-14-6-7-15-12(17)11-9-16-13(19-11)10-4-3-8-18-10/h3-4,8-9,14H,2,5-7H2,1H3,(H,15,17). The van der Waals surface area contributed by atoms with Crippen LogP contribution in [0.5, 0.6) is 0 Å². The first-order valence-corrected chi connectivity index (χ1v) is 7.11. The fourth-order valence-corrected chi connectivity index (χ4v) is 2.35. The van der Waals surface area contributed by atoms with Crippen LogP contribution in [0.25, 0.3) is 10.8 Å². The molecule has 0 saturated carbocycles. The maximum atomic E-state index is 11.9. The number of hydrogen-bond acceptors (Lipinski definition) is 5. The Morgan fingerprint density at radius 1 is 1.42 bits per heavy atom. The van der Waals surface area contributed by atoms with E-state index in [1.807, 2.05) is 6.07 Å². The predicted octanol–water partition coefficient (Wildman–Crippen LogP) is 2.13. The van der Waals surface area contributed by atoms with E-state index >= 15 is 0 Å². The predicted molar refractivity (Wildman–Crippen MR) is 75.3 cm³/mol. The normalized spacial score (nSPS) is 10.6. The highest BCUT2D eigenvalue weighted by Crippen LogP contribution is 2.25. The van der Waals surface area contributed by atoms with Crippen LogP contribution in [0.15, 0.2) is 29.0 Å². The molecule has 0 saturated heterocycles. The molecule has 0 aliphatic rings. The fraction of sp³-hybridized carbons (Fsp3) is 0.385. The van der Waals surface area contributed by atoms with Gasteiger partial charge in [-0.2, -0.15) is 0 Å². The van der Waals surface area contributed by atoms with Gasteiger partial charge in [0, 0.05) is 13.1 Å². The van der Waals surface area contributed by atoms with Crippen molar-refractivity contribution in [1.82, 2.24) is 15.6 Å². The van der Waals surface area contributed by atoms with E-state index in [0.29, 0.717) is 17.2 Å². The number of amides is 1.